The van der Waals surface area contributed by atoms with Crippen LogP contribution < -0.4 is 10.6 Å². The fourth-order valence-corrected chi connectivity index (χ4v) is 2.45. The Morgan fingerprint density at radius 1 is 1.13 bits per heavy atom. The molecule has 1 aliphatic heterocycles. The van der Waals surface area contributed by atoms with Gasteiger partial charge in [-0.05, 0) is 43.4 Å². The van der Waals surface area contributed by atoms with Crippen LogP contribution in [0.2, 0.25) is 5.02 Å². The van der Waals surface area contributed by atoms with Crippen LogP contribution in [0.4, 0.5) is 11.4 Å². The van der Waals surface area contributed by atoms with Gasteiger partial charge in [0.25, 0.3) is 0 Å². The lowest BCUT2D eigenvalue weighted by atomic mass is 10.1. The number of anilines is 2. The van der Waals surface area contributed by atoms with E-state index in [2.05, 4.69) is 16.7 Å². The van der Waals surface area contributed by atoms with E-state index in [9.17, 15) is 0 Å². The van der Waals surface area contributed by atoms with E-state index in [-0.39, 0.29) is 0 Å². The molecule has 1 aliphatic carbocycles. The van der Waals surface area contributed by atoms with Crippen LogP contribution >= 0.6 is 11.6 Å². The smallest absolute Gasteiger partial charge is 0.0591 e. The zero-order chi connectivity index (χ0) is 10.3. The van der Waals surface area contributed by atoms with Crippen molar-refractivity contribution < 1.29 is 0 Å². The summed E-state index contributed by atoms with van der Waals surface area (Å²) in [6, 6.07) is 6.68. The summed E-state index contributed by atoms with van der Waals surface area (Å²) in [7, 11) is 0. The second-order valence-corrected chi connectivity index (χ2v) is 4.93. The van der Waals surface area contributed by atoms with Gasteiger partial charge in [-0.25, -0.2) is 0 Å². The van der Waals surface area contributed by atoms with Gasteiger partial charge >= 0.3 is 0 Å². The highest BCUT2D eigenvalue weighted by molar-refractivity contribution is 6.31. The number of halogens is 1. The summed E-state index contributed by atoms with van der Waals surface area (Å²) in [6.07, 6.45) is 3.98. The van der Waals surface area contributed by atoms with Crippen LogP contribution in [0.1, 0.15) is 19.3 Å². The second kappa shape index (κ2) is 3.60. The monoisotopic (exact) mass is 222 g/mol. The Hall–Kier alpha value is -0.890. The van der Waals surface area contributed by atoms with Crippen molar-refractivity contribution >= 4 is 23.0 Å². The molecule has 2 N–H and O–H groups in total. The van der Waals surface area contributed by atoms with Crippen LogP contribution in [0.3, 0.4) is 0 Å². The van der Waals surface area contributed by atoms with Crippen molar-refractivity contribution in [3.8, 4) is 0 Å². The molecule has 0 aromatic heterocycles. The molecule has 3 rings (SSSR count). The predicted molar refractivity (Wildman–Crippen MR) is 64.7 cm³/mol. The summed E-state index contributed by atoms with van der Waals surface area (Å²) >= 11 is 5.97. The summed E-state index contributed by atoms with van der Waals surface area (Å²) < 4.78 is 0. The van der Waals surface area contributed by atoms with E-state index in [1.165, 1.54) is 24.9 Å². The van der Waals surface area contributed by atoms with E-state index in [0.29, 0.717) is 6.04 Å². The van der Waals surface area contributed by atoms with Crippen molar-refractivity contribution in [1.29, 1.82) is 0 Å². The molecule has 0 bridgehead atoms. The summed E-state index contributed by atoms with van der Waals surface area (Å²) in [5.74, 6) is 0.897. The van der Waals surface area contributed by atoms with Gasteiger partial charge in [0.2, 0.25) is 0 Å². The van der Waals surface area contributed by atoms with Gasteiger partial charge in [0, 0.05) is 17.6 Å². The highest BCUT2D eigenvalue weighted by Crippen LogP contribution is 2.38. The average Bonchev–Trinajstić information content (AvgIpc) is 3.02. The minimum atomic E-state index is 0.653. The third kappa shape index (κ3) is 1.91. The third-order valence-corrected chi connectivity index (χ3v) is 3.52. The second-order valence-electron chi connectivity index (χ2n) is 4.49. The standard InChI is InChI=1S/C12H15ClN2/c13-9-3-4-11-12(7-9)14-6-5-10(15-11)8-1-2-8/h3-4,7-8,10,14-15H,1-2,5-6H2. The molecule has 2 nitrogen and oxygen atoms in total. The first kappa shape index (κ1) is 9.34. The van der Waals surface area contributed by atoms with E-state index < -0.39 is 0 Å². The molecular formula is C12H15ClN2. The zero-order valence-electron chi connectivity index (χ0n) is 8.59. The Morgan fingerprint density at radius 2 is 2.00 bits per heavy atom. The van der Waals surface area contributed by atoms with Crippen molar-refractivity contribution in [3.63, 3.8) is 0 Å². The summed E-state index contributed by atoms with van der Waals surface area (Å²) in [5.41, 5.74) is 2.35. The number of rotatable bonds is 1. The zero-order valence-corrected chi connectivity index (χ0v) is 9.35. The van der Waals surface area contributed by atoms with Crippen molar-refractivity contribution in [2.24, 2.45) is 5.92 Å². The largest absolute Gasteiger partial charge is 0.383 e. The molecule has 1 aromatic carbocycles. The van der Waals surface area contributed by atoms with Crippen LogP contribution in [0.5, 0.6) is 0 Å². The highest BCUT2D eigenvalue weighted by Gasteiger charge is 2.32. The fraction of sp³-hybridized carbons (Fsp3) is 0.500. The van der Waals surface area contributed by atoms with Gasteiger partial charge in [0.15, 0.2) is 0 Å². The molecule has 15 heavy (non-hydrogen) atoms. The SMILES string of the molecule is Clc1ccc2c(c1)NCCC(C1CC1)N2. The van der Waals surface area contributed by atoms with Gasteiger partial charge in [0.05, 0.1) is 11.4 Å². The lowest BCUT2D eigenvalue weighted by Crippen LogP contribution is -2.21. The topological polar surface area (TPSA) is 24.1 Å². The number of hydrogen-bond donors (Lipinski definition) is 2. The quantitative estimate of drug-likeness (QED) is 0.762. The molecule has 3 heteroatoms. The molecule has 1 heterocycles. The Morgan fingerprint density at radius 3 is 2.80 bits per heavy atom. The van der Waals surface area contributed by atoms with Gasteiger partial charge in [-0.15, -0.1) is 0 Å². The van der Waals surface area contributed by atoms with Gasteiger partial charge < -0.3 is 10.6 Å². The molecule has 1 aromatic rings. The molecule has 0 saturated heterocycles. The first-order valence-corrected chi connectivity index (χ1v) is 6.01. The molecule has 0 amide bonds. The van der Waals surface area contributed by atoms with E-state index in [4.69, 9.17) is 11.6 Å². The minimum absolute atomic E-state index is 0.653. The average molecular weight is 223 g/mol. The van der Waals surface area contributed by atoms with Crippen molar-refractivity contribution in [1.82, 2.24) is 0 Å². The van der Waals surface area contributed by atoms with Crippen molar-refractivity contribution in [2.75, 3.05) is 17.2 Å². The van der Waals surface area contributed by atoms with Crippen LogP contribution in [0.25, 0.3) is 0 Å². The molecule has 1 saturated carbocycles. The van der Waals surface area contributed by atoms with Crippen LogP contribution in [-0.2, 0) is 0 Å². The maximum Gasteiger partial charge on any atom is 0.0591 e. The van der Waals surface area contributed by atoms with Crippen LogP contribution in [0, 0.1) is 5.92 Å². The van der Waals surface area contributed by atoms with Gasteiger partial charge in [-0.1, -0.05) is 11.6 Å². The van der Waals surface area contributed by atoms with Gasteiger partial charge in [-0.3, -0.25) is 0 Å². The Kier molecular flexibility index (Phi) is 2.24. The summed E-state index contributed by atoms with van der Waals surface area (Å²) in [5, 5.41) is 7.86. The highest BCUT2D eigenvalue weighted by atomic mass is 35.5. The van der Waals surface area contributed by atoms with Crippen molar-refractivity contribution in [2.45, 2.75) is 25.3 Å². The number of nitrogens with one attached hydrogen (secondary N) is 2. The van der Waals surface area contributed by atoms with Crippen LogP contribution in [-0.4, -0.2) is 12.6 Å². The van der Waals surface area contributed by atoms with E-state index in [1.807, 2.05) is 12.1 Å². The molecule has 1 fully saturated rings. The first-order valence-electron chi connectivity index (χ1n) is 5.63. The predicted octanol–water partition coefficient (Wildman–Crippen LogP) is 3.35. The summed E-state index contributed by atoms with van der Waals surface area (Å²) in [4.78, 5) is 0. The van der Waals surface area contributed by atoms with E-state index in [0.717, 1.165) is 23.2 Å². The van der Waals surface area contributed by atoms with E-state index in [1.54, 1.807) is 0 Å². The molecular weight excluding hydrogens is 208 g/mol. The van der Waals surface area contributed by atoms with Crippen molar-refractivity contribution in [3.05, 3.63) is 23.2 Å². The first-order chi connectivity index (χ1) is 7.33. The van der Waals surface area contributed by atoms with E-state index >= 15 is 0 Å². The molecule has 0 radical (unpaired) electrons. The number of hydrogen-bond acceptors (Lipinski definition) is 2. The lowest BCUT2D eigenvalue weighted by molar-refractivity contribution is 0.609. The molecule has 1 atom stereocenters. The lowest BCUT2D eigenvalue weighted by Gasteiger charge is -2.16. The molecule has 0 spiro atoms. The maximum atomic E-state index is 5.97. The Labute approximate surface area is 95.0 Å². The molecule has 2 aliphatic rings. The fourth-order valence-electron chi connectivity index (χ4n) is 2.27. The van der Waals surface area contributed by atoms with Crippen LogP contribution in [0.15, 0.2) is 18.2 Å². The normalized spacial score (nSPS) is 24.7. The minimum Gasteiger partial charge on any atom is -0.383 e. The molecule has 1 unspecified atom stereocenters. The van der Waals surface area contributed by atoms with Gasteiger partial charge in [0.1, 0.15) is 0 Å². The Bertz CT molecular complexity index is 374. The van der Waals surface area contributed by atoms with Gasteiger partial charge in [-0.2, -0.15) is 0 Å². The summed E-state index contributed by atoms with van der Waals surface area (Å²) in [6.45, 7) is 1.04. The molecule has 80 valence electrons. The third-order valence-electron chi connectivity index (χ3n) is 3.28. The number of benzene rings is 1. The number of fused-ring (bicyclic) bond motifs is 1. The Balaban J connectivity index is 1.88. The maximum absolute atomic E-state index is 5.97.